The average Bonchev–Trinajstić information content (AvgIpc) is 3.30. The molecule has 0 spiro atoms. The van der Waals surface area contributed by atoms with Crippen LogP contribution in [-0.2, 0) is 48.2 Å². The van der Waals surface area contributed by atoms with Crippen LogP contribution < -0.4 is 14.8 Å². The molecule has 4 aromatic carbocycles. The molecule has 0 unspecified atom stereocenters. The number of carbonyl (C=O) groups excluding carboxylic acids is 1. The summed E-state index contributed by atoms with van der Waals surface area (Å²) in [5.41, 5.74) is 2.72. The Morgan fingerprint density at radius 2 is 0.790 bits per heavy atom. The van der Waals surface area contributed by atoms with Gasteiger partial charge in [0.15, 0.2) is 0 Å². The summed E-state index contributed by atoms with van der Waals surface area (Å²) in [6.45, 7) is 5.81. The molecular weight excluding hydrogens is 825 g/mol. The number of esters is 1. The topological polar surface area (TPSA) is 121 Å². The Morgan fingerprint density at radius 1 is 0.452 bits per heavy atom. The van der Waals surface area contributed by atoms with E-state index in [-0.39, 0.29) is 26.4 Å². The molecule has 0 amide bonds. The molecule has 0 radical (unpaired) electrons. The summed E-state index contributed by atoms with van der Waals surface area (Å²) in [6, 6.07) is 28.9. The van der Waals surface area contributed by atoms with Crippen LogP contribution in [-0.4, -0.2) is 125 Å². The summed E-state index contributed by atoms with van der Waals surface area (Å²) in [4.78, 5) is 11.7. The van der Waals surface area contributed by atoms with Gasteiger partial charge in [0.2, 0.25) is 34.8 Å². The molecule has 17 heteroatoms. The number of benzene rings is 4. The summed E-state index contributed by atoms with van der Waals surface area (Å²) >= 11 is 0. The van der Waals surface area contributed by atoms with Gasteiger partial charge in [0, 0.05) is 6.54 Å². The van der Waals surface area contributed by atoms with Crippen molar-refractivity contribution in [3.8, 4) is 11.5 Å². The van der Waals surface area contributed by atoms with Crippen LogP contribution in [0.25, 0.3) is 0 Å². The first-order chi connectivity index (χ1) is 30.3. The smallest absolute Gasteiger partial charge is 0.313 e. The zero-order valence-electron chi connectivity index (χ0n) is 34.7. The van der Waals surface area contributed by atoms with Crippen LogP contribution in [0.1, 0.15) is 23.1 Å². The maximum Gasteiger partial charge on any atom is 0.313 e. The third kappa shape index (κ3) is 16.3. The molecule has 0 bridgehead atoms. The number of hydrogen-bond donors (Lipinski definition) is 1. The highest BCUT2D eigenvalue weighted by atomic mass is 19.2. The minimum atomic E-state index is -2.35. The molecule has 12 nitrogen and oxygen atoms in total. The minimum Gasteiger partial charge on any atom is -0.497 e. The Kier molecular flexibility index (Phi) is 23.4. The Bertz CT molecular complexity index is 1780. The summed E-state index contributed by atoms with van der Waals surface area (Å²) in [5, 5.41) is 3.80. The zero-order valence-corrected chi connectivity index (χ0v) is 34.7. The maximum absolute atomic E-state index is 13.6. The van der Waals surface area contributed by atoms with E-state index in [2.05, 4.69) is 46.5 Å². The molecule has 0 atom stereocenters. The fourth-order valence-electron chi connectivity index (χ4n) is 5.97. The molecule has 340 valence electrons. The number of carbonyl (C=O) groups is 1. The van der Waals surface area contributed by atoms with Crippen molar-refractivity contribution in [2.24, 2.45) is 0 Å². The zero-order chi connectivity index (χ0) is 44.3. The molecule has 4 aromatic rings. The van der Waals surface area contributed by atoms with Gasteiger partial charge in [-0.3, -0.25) is 10.1 Å². The summed E-state index contributed by atoms with van der Waals surface area (Å²) in [7, 11) is 1.66. The van der Waals surface area contributed by atoms with Gasteiger partial charge >= 0.3 is 5.97 Å². The van der Waals surface area contributed by atoms with Crippen molar-refractivity contribution in [2.45, 2.75) is 12.0 Å². The van der Waals surface area contributed by atoms with E-state index in [1.165, 1.54) is 0 Å². The third-order valence-electron chi connectivity index (χ3n) is 9.01. The van der Waals surface area contributed by atoms with Crippen molar-refractivity contribution < 1.29 is 74.1 Å². The molecule has 0 aromatic heterocycles. The third-order valence-corrected chi connectivity index (χ3v) is 9.01. The SMILES string of the molecule is COc1ccc(C(NCCOCCOCCOCCOCCOCCOCCOCCOCCC(=O)Oc2c(F)c(F)c(F)c(F)c2F)(c2ccccc2)c2ccccc2)cc1. The maximum atomic E-state index is 13.6. The summed E-state index contributed by atoms with van der Waals surface area (Å²) in [6.07, 6.45) is -0.490. The Morgan fingerprint density at radius 3 is 1.18 bits per heavy atom. The van der Waals surface area contributed by atoms with E-state index in [4.69, 9.17) is 42.6 Å². The standard InChI is InChI=1S/C45H54F5NO11/c1-53-37-14-12-36(13-15-37)45(34-8-4-2-5-9-34,35-10-6-3-7-11-35)51-17-19-55-21-23-57-25-27-59-29-31-61-33-32-60-30-28-58-26-24-56-22-20-54-18-16-38(52)62-44-42(49)40(47)39(46)41(48)43(44)50/h2-15,51H,16-33H2,1H3. The van der Waals surface area contributed by atoms with Gasteiger partial charge in [0.1, 0.15) is 5.75 Å². The Hall–Kier alpha value is -4.56. The van der Waals surface area contributed by atoms with E-state index in [0.29, 0.717) is 85.8 Å². The quantitative estimate of drug-likeness (QED) is 0.0109. The largest absolute Gasteiger partial charge is 0.497 e. The van der Waals surface area contributed by atoms with Gasteiger partial charge < -0.3 is 47.4 Å². The van der Waals surface area contributed by atoms with E-state index >= 15 is 0 Å². The molecule has 0 saturated heterocycles. The number of halogens is 5. The van der Waals surface area contributed by atoms with Gasteiger partial charge in [0.05, 0.1) is 125 Å². The van der Waals surface area contributed by atoms with Crippen molar-refractivity contribution in [2.75, 3.05) is 119 Å². The van der Waals surface area contributed by atoms with Crippen molar-refractivity contribution >= 4 is 5.97 Å². The van der Waals surface area contributed by atoms with Crippen LogP contribution >= 0.6 is 0 Å². The van der Waals surface area contributed by atoms with Crippen molar-refractivity contribution in [3.63, 3.8) is 0 Å². The number of rotatable bonds is 33. The molecule has 0 aliphatic carbocycles. The molecule has 1 N–H and O–H groups in total. The summed E-state index contributed by atoms with van der Waals surface area (Å²) in [5.74, 6) is -13.4. The van der Waals surface area contributed by atoms with Crippen LogP contribution in [0, 0.1) is 29.1 Å². The number of hydrogen-bond acceptors (Lipinski definition) is 12. The number of ether oxygens (including phenoxy) is 10. The lowest BCUT2D eigenvalue weighted by Crippen LogP contribution is -2.46. The highest BCUT2D eigenvalue weighted by Crippen LogP contribution is 2.37. The lowest BCUT2D eigenvalue weighted by Gasteiger charge is -2.37. The molecule has 0 saturated carbocycles. The predicted octanol–water partition coefficient (Wildman–Crippen LogP) is 6.40. The highest BCUT2D eigenvalue weighted by molar-refractivity contribution is 5.72. The van der Waals surface area contributed by atoms with Gasteiger partial charge in [-0.15, -0.1) is 0 Å². The van der Waals surface area contributed by atoms with Gasteiger partial charge in [-0.05, 0) is 28.8 Å². The minimum absolute atomic E-state index is 0.0763. The summed E-state index contributed by atoms with van der Waals surface area (Å²) < 4.78 is 120. The first-order valence-electron chi connectivity index (χ1n) is 20.1. The van der Waals surface area contributed by atoms with Crippen LogP contribution in [0.2, 0.25) is 0 Å². The Balaban J connectivity index is 0.915. The highest BCUT2D eigenvalue weighted by Gasteiger charge is 2.36. The molecule has 4 rings (SSSR count). The molecule has 0 aliphatic heterocycles. The van der Waals surface area contributed by atoms with Crippen molar-refractivity contribution in [3.05, 3.63) is 131 Å². The van der Waals surface area contributed by atoms with Gasteiger partial charge in [-0.2, -0.15) is 8.78 Å². The fraction of sp³-hybridized carbons (Fsp3) is 0.444. The van der Waals surface area contributed by atoms with E-state index in [0.717, 1.165) is 22.4 Å². The molecule has 0 fully saturated rings. The molecule has 62 heavy (non-hydrogen) atoms. The number of nitrogens with one attached hydrogen (secondary N) is 1. The molecule has 0 heterocycles. The lowest BCUT2D eigenvalue weighted by molar-refractivity contribution is -0.136. The fourth-order valence-corrected chi connectivity index (χ4v) is 5.97. The van der Waals surface area contributed by atoms with E-state index < -0.39 is 52.8 Å². The normalized spacial score (nSPS) is 11.6. The van der Waals surface area contributed by atoms with Crippen LogP contribution in [0.5, 0.6) is 11.5 Å². The average molecular weight is 880 g/mol. The van der Waals surface area contributed by atoms with Gasteiger partial charge in [-0.25, -0.2) is 13.2 Å². The van der Waals surface area contributed by atoms with Crippen LogP contribution in [0.15, 0.2) is 84.9 Å². The van der Waals surface area contributed by atoms with Gasteiger partial charge in [0.25, 0.3) is 0 Å². The second-order valence-electron chi connectivity index (χ2n) is 13.2. The van der Waals surface area contributed by atoms with E-state index in [1.807, 2.05) is 48.5 Å². The van der Waals surface area contributed by atoms with Gasteiger partial charge in [-0.1, -0.05) is 72.8 Å². The second kappa shape index (κ2) is 28.9. The first-order valence-corrected chi connectivity index (χ1v) is 20.1. The molecule has 0 aliphatic rings. The Labute approximate surface area is 358 Å². The molecular formula is C45H54F5NO11. The van der Waals surface area contributed by atoms with Crippen LogP contribution in [0.3, 0.4) is 0 Å². The monoisotopic (exact) mass is 879 g/mol. The lowest BCUT2D eigenvalue weighted by atomic mass is 9.77. The van der Waals surface area contributed by atoms with Crippen molar-refractivity contribution in [1.29, 1.82) is 0 Å². The van der Waals surface area contributed by atoms with Crippen molar-refractivity contribution in [1.82, 2.24) is 5.32 Å². The van der Waals surface area contributed by atoms with E-state index in [9.17, 15) is 26.7 Å². The van der Waals surface area contributed by atoms with Crippen LogP contribution in [0.4, 0.5) is 22.0 Å². The first kappa shape index (κ1) is 50.1. The second-order valence-corrected chi connectivity index (χ2v) is 13.2. The number of methoxy groups -OCH3 is 1. The van der Waals surface area contributed by atoms with E-state index in [1.54, 1.807) is 7.11 Å². The predicted molar refractivity (Wildman–Crippen MR) is 217 cm³/mol.